The van der Waals surface area contributed by atoms with E-state index in [1.165, 1.54) is 6.07 Å². The molecule has 0 aliphatic heterocycles. The fraction of sp³-hybridized carbons (Fsp3) is 0.636. The zero-order valence-corrected chi connectivity index (χ0v) is 33.5. The highest BCUT2D eigenvalue weighted by Gasteiger charge is 2.62. The first-order valence-corrected chi connectivity index (χ1v) is 20.2. The first kappa shape index (κ1) is 44.2. The van der Waals surface area contributed by atoms with E-state index in [1.807, 2.05) is 0 Å². The Labute approximate surface area is 329 Å². The molecule has 2 aliphatic rings. The SMILES string of the molecule is CC(C)(CCCCc1cc(OC2CC2(CCCCc2ccc(O)c(O)c2CCCCC(C)(C)C(=O)O)C(=O)O)c(O)cc1CCCCC1(C(=O)O)CC1)C(=O)O. The Balaban J connectivity index is 1.37. The predicted octanol–water partition coefficient (Wildman–Crippen LogP) is 8.66. The molecule has 0 spiro atoms. The number of hydrogen-bond donors (Lipinski definition) is 7. The lowest BCUT2D eigenvalue weighted by Crippen LogP contribution is -2.23. The zero-order chi connectivity index (χ0) is 41.5. The van der Waals surface area contributed by atoms with Crippen LogP contribution >= 0.6 is 0 Å². The van der Waals surface area contributed by atoms with Gasteiger partial charge in [-0.05, 0) is 152 Å². The Morgan fingerprint density at radius 3 is 1.70 bits per heavy atom. The van der Waals surface area contributed by atoms with Gasteiger partial charge in [0, 0.05) is 12.0 Å². The number of ether oxygens (including phenoxy) is 1. The Bertz CT molecular complexity index is 1740. The summed E-state index contributed by atoms with van der Waals surface area (Å²) in [6.45, 7) is 6.76. The lowest BCUT2D eigenvalue weighted by Gasteiger charge is -2.19. The van der Waals surface area contributed by atoms with Gasteiger partial charge in [-0.2, -0.15) is 0 Å². The highest BCUT2D eigenvalue weighted by molar-refractivity contribution is 5.79. The third kappa shape index (κ3) is 11.1. The number of aryl methyl sites for hydroxylation is 3. The molecule has 2 aromatic rings. The Morgan fingerprint density at radius 2 is 1.16 bits per heavy atom. The number of carboxylic acids is 4. The van der Waals surface area contributed by atoms with Crippen molar-refractivity contribution in [1.29, 1.82) is 0 Å². The van der Waals surface area contributed by atoms with Crippen LogP contribution in [0.15, 0.2) is 24.3 Å². The second-order valence-corrected chi connectivity index (χ2v) is 17.7. The largest absolute Gasteiger partial charge is 0.504 e. The maximum absolute atomic E-state index is 12.6. The Kier molecular flexibility index (Phi) is 14.4. The minimum absolute atomic E-state index is 0.0858. The smallest absolute Gasteiger partial charge is 0.313 e. The fourth-order valence-corrected chi connectivity index (χ4v) is 7.79. The summed E-state index contributed by atoms with van der Waals surface area (Å²) in [5.41, 5.74) is -0.102. The average molecular weight is 783 g/mol. The van der Waals surface area contributed by atoms with Gasteiger partial charge in [0.25, 0.3) is 0 Å². The second-order valence-electron chi connectivity index (χ2n) is 17.7. The van der Waals surface area contributed by atoms with Crippen molar-refractivity contribution in [2.75, 3.05) is 0 Å². The molecular weight excluding hydrogens is 720 g/mol. The van der Waals surface area contributed by atoms with E-state index in [1.54, 1.807) is 45.9 Å². The number of aliphatic carboxylic acids is 4. The summed E-state index contributed by atoms with van der Waals surface area (Å²) in [7, 11) is 0. The average Bonchev–Trinajstić information content (AvgIpc) is 4.05. The predicted molar refractivity (Wildman–Crippen MR) is 209 cm³/mol. The molecule has 0 amide bonds. The highest BCUT2D eigenvalue weighted by Crippen LogP contribution is 2.54. The summed E-state index contributed by atoms with van der Waals surface area (Å²) in [6, 6.07) is 6.65. The topological polar surface area (TPSA) is 219 Å². The van der Waals surface area contributed by atoms with Crippen molar-refractivity contribution < 1.29 is 59.7 Å². The van der Waals surface area contributed by atoms with Crippen LogP contribution in [0.4, 0.5) is 0 Å². The van der Waals surface area contributed by atoms with Crippen molar-refractivity contribution in [3.05, 3.63) is 46.5 Å². The highest BCUT2D eigenvalue weighted by atomic mass is 16.5. The summed E-state index contributed by atoms with van der Waals surface area (Å²) in [4.78, 5) is 47.3. The number of benzene rings is 2. The van der Waals surface area contributed by atoms with Gasteiger partial charge in [0.15, 0.2) is 23.0 Å². The monoisotopic (exact) mass is 782 g/mol. The molecule has 12 heteroatoms. The minimum atomic E-state index is -1.12. The standard InChI is InChI=1S/C44H62O12/c1-41(2,37(48)49)19-9-5-15-30-26-34(33(46)25-29(30)14-6-11-21-43(23-24-43)39(52)53)56-35-27-44(35,40(54)55)22-12-7-13-28-17-18-32(45)36(47)31(28)16-8-10-20-42(3,4)38(50)51/h17-18,25-26,35,45-47H,5-16,19-24,27H2,1-4H3,(H,48,49)(H,50,51)(H,52,53)(H,54,55). The molecule has 7 N–H and O–H groups in total. The van der Waals surface area contributed by atoms with Crippen molar-refractivity contribution in [2.24, 2.45) is 21.7 Å². The third-order valence-electron chi connectivity index (χ3n) is 12.5. The van der Waals surface area contributed by atoms with Crippen LogP contribution in [0.5, 0.6) is 23.0 Å². The molecule has 0 radical (unpaired) electrons. The van der Waals surface area contributed by atoms with Gasteiger partial charge in [0.05, 0.1) is 16.2 Å². The first-order valence-electron chi connectivity index (χ1n) is 20.2. The molecule has 0 aromatic heterocycles. The molecule has 4 rings (SSSR count). The van der Waals surface area contributed by atoms with Gasteiger partial charge in [-0.3, -0.25) is 19.2 Å². The van der Waals surface area contributed by atoms with Crippen LogP contribution in [0.25, 0.3) is 0 Å². The molecule has 2 fully saturated rings. The van der Waals surface area contributed by atoms with Crippen LogP contribution in [-0.4, -0.2) is 65.7 Å². The molecule has 0 heterocycles. The molecule has 12 nitrogen and oxygen atoms in total. The number of unbranched alkanes of at least 4 members (excludes halogenated alkanes) is 4. The van der Waals surface area contributed by atoms with Crippen molar-refractivity contribution >= 4 is 23.9 Å². The Hall–Kier alpha value is -4.48. The summed E-state index contributed by atoms with van der Waals surface area (Å²) in [6.07, 6.45) is 10.6. The maximum Gasteiger partial charge on any atom is 0.313 e. The zero-order valence-electron chi connectivity index (χ0n) is 33.5. The van der Waals surface area contributed by atoms with Gasteiger partial charge in [-0.1, -0.05) is 31.7 Å². The van der Waals surface area contributed by atoms with Gasteiger partial charge in [0.1, 0.15) is 11.5 Å². The van der Waals surface area contributed by atoms with E-state index < -0.39 is 51.6 Å². The number of rotatable bonds is 26. The first-order chi connectivity index (χ1) is 26.2. The van der Waals surface area contributed by atoms with Crippen molar-refractivity contribution in [3.8, 4) is 23.0 Å². The minimum Gasteiger partial charge on any atom is -0.504 e. The van der Waals surface area contributed by atoms with E-state index in [2.05, 4.69) is 0 Å². The number of phenolic OH excluding ortho intramolecular Hbond substituents is 3. The molecule has 2 atom stereocenters. The molecule has 2 unspecified atom stereocenters. The van der Waals surface area contributed by atoms with Crippen molar-refractivity contribution in [3.63, 3.8) is 0 Å². The van der Waals surface area contributed by atoms with E-state index in [9.17, 15) is 54.9 Å². The number of carboxylic acid groups (broad SMARTS) is 4. The second kappa shape index (κ2) is 18.2. The van der Waals surface area contributed by atoms with Crippen LogP contribution in [0.1, 0.15) is 146 Å². The lowest BCUT2D eigenvalue weighted by molar-refractivity contribution is -0.148. The quantitative estimate of drug-likeness (QED) is 0.0352. The number of phenols is 3. The van der Waals surface area contributed by atoms with Gasteiger partial charge < -0.3 is 40.5 Å². The maximum atomic E-state index is 12.6. The number of hydrogen-bond acceptors (Lipinski definition) is 8. The summed E-state index contributed by atoms with van der Waals surface area (Å²) < 4.78 is 6.21. The van der Waals surface area contributed by atoms with Gasteiger partial charge in [0.2, 0.25) is 0 Å². The molecule has 2 aromatic carbocycles. The summed E-state index contributed by atoms with van der Waals surface area (Å²) in [5, 5.41) is 70.7. The fourth-order valence-electron chi connectivity index (χ4n) is 7.79. The van der Waals surface area contributed by atoms with Crippen LogP contribution < -0.4 is 4.74 Å². The van der Waals surface area contributed by atoms with E-state index in [4.69, 9.17) is 4.74 Å². The molecular formula is C44H62O12. The van der Waals surface area contributed by atoms with Crippen LogP contribution in [-0.2, 0) is 44.9 Å². The van der Waals surface area contributed by atoms with E-state index in [-0.39, 0.29) is 29.4 Å². The van der Waals surface area contributed by atoms with Crippen LogP contribution in [0.2, 0.25) is 0 Å². The molecule has 0 bridgehead atoms. The normalized spacial score (nSPS) is 18.7. The van der Waals surface area contributed by atoms with Gasteiger partial charge in [-0.25, -0.2) is 0 Å². The van der Waals surface area contributed by atoms with Crippen molar-refractivity contribution in [2.45, 2.75) is 156 Å². The molecule has 310 valence electrons. The summed E-state index contributed by atoms with van der Waals surface area (Å²) in [5.74, 6) is -3.71. The van der Waals surface area contributed by atoms with E-state index in [0.29, 0.717) is 108 Å². The molecule has 0 saturated heterocycles. The Morgan fingerprint density at radius 1 is 0.643 bits per heavy atom. The van der Waals surface area contributed by atoms with Crippen molar-refractivity contribution in [1.82, 2.24) is 0 Å². The lowest BCUT2D eigenvalue weighted by atomic mass is 9.86. The van der Waals surface area contributed by atoms with E-state index in [0.717, 1.165) is 29.5 Å². The summed E-state index contributed by atoms with van der Waals surface area (Å²) >= 11 is 0. The number of aromatic hydroxyl groups is 3. The van der Waals surface area contributed by atoms with Crippen LogP contribution in [0.3, 0.4) is 0 Å². The van der Waals surface area contributed by atoms with Gasteiger partial charge >= 0.3 is 23.9 Å². The molecule has 2 saturated carbocycles. The molecule has 56 heavy (non-hydrogen) atoms. The number of carbonyl (C=O) groups is 4. The molecule has 2 aliphatic carbocycles. The van der Waals surface area contributed by atoms with E-state index >= 15 is 0 Å². The van der Waals surface area contributed by atoms with Crippen LogP contribution in [0, 0.1) is 21.7 Å². The third-order valence-corrected chi connectivity index (χ3v) is 12.5. The van der Waals surface area contributed by atoms with Gasteiger partial charge in [-0.15, -0.1) is 0 Å².